The Morgan fingerprint density at radius 2 is 1.59 bits per heavy atom. The summed E-state index contributed by atoms with van der Waals surface area (Å²) < 4.78 is 17.7. The third-order valence-electron chi connectivity index (χ3n) is 4.65. The van der Waals surface area contributed by atoms with Gasteiger partial charge in [0, 0.05) is 42.2 Å². The minimum atomic E-state index is -1.06. The van der Waals surface area contributed by atoms with Crippen molar-refractivity contribution in [2.75, 3.05) is 66.7 Å². The van der Waals surface area contributed by atoms with E-state index in [9.17, 15) is 9.00 Å². The molecule has 0 bridgehead atoms. The number of rotatable bonds is 14. The second-order valence-corrected chi connectivity index (χ2v) is 9.81. The highest BCUT2D eigenvalue weighted by molar-refractivity contribution is 7.84. The van der Waals surface area contributed by atoms with Gasteiger partial charge < -0.3 is 24.0 Å². The van der Waals surface area contributed by atoms with Gasteiger partial charge in [0.15, 0.2) is 0 Å². The predicted molar refractivity (Wildman–Crippen MR) is 121 cm³/mol. The summed E-state index contributed by atoms with van der Waals surface area (Å²) in [4.78, 5) is 21.4. The highest BCUT2D eigenvalue weighted by Gasteiger charge is 2.23. The van der Waals surface area contributed by atoms with Gasteiger partial charge in [-0.05, 0) is 80.1 Å². The van der Waals surface area contributed by atoms with Crippen LogP contribution in [-0.4, -0.2) is 103 Å². The normalized spacial score (nSPS) is 12.7. The van der Waals surface area contributed by atoms with E-state index in [1.807, 2.05) is 57.9 Å². The number of amides is 2. The van der Waals surface area contributed by atoms with Crippen LogP contribution in [0.2, 0.25) is 0 Å². The van der Waals surface area contributed by atoms with Gasteiger partial charge in [-0.1, -0.05) is 0 Å². The Morgan fingerprint density at radius 1 is 1.00 bits per heavy atom. The molecule has 0 N–H and O–H groups in total. The van der Waals surface area contributed by atoms with Crippen molar-refractivity contribution in [2.45, 2.75) is 38.5 Å². The molecule has 0 saturated carbocycles. The lowest BCUT2D eigenvalue weighted by Gasteiger charge is -2.34. The maximum atomic E-state index is 13.3. The molecule has 0 radical (unpaired) electrons. The summed E-state index contributed by atoms with van der Waals surface area (Å²) in [6, 6.07) is 3.75. The molecule has 1 rings (SSSR count). The monoisotopic (exact) mass is 428 g/mol. The summed E-state index contributed by atoms with van der Waals surface area (Å²) in [6.07, 6.45) is 3.48. The predicted octanol–water partition coefficient (Wildman–Crippen LogP) is 2.56. The first-order valence-corrected chi connectivity index (χ1v) is 11.9. The third kappa shape index (κ3) is 10.8. The van der Waals surface area contributed by atoms with Crippen LogP contribution in [-0.2, 0) is 16.6 Å². The van der Waals surface area contributed by atoms with Gasteiger partial charge in [0.1, 0.15) is 5.76 Å². The summed E-state index contributed by atoms with van der Waals surface area (Å²) in [7, 11) is 7.14. The minimum absolute atomic E-state index is 0.0486. The number of carbonyl (C=O) groups is 1. The average Bonchev–Trinajstić information content (AvgIpc) is 3.12. The van der Waals surface area contributed by atoms with E-state index in [0.717, 1.165) is 44.8 Å². The smallest absolute Gasteiger partial charge is 0.320 e. The molecule has 0 aliphatic rings. The first kappa shape index (κ1) is 25.7. The zero-order valence-electron chi connectivity index (χ0n) is 19.1. The number of carbonyl (C=O) groups excluding carboxylic acids is 1. The standard InChI is InChI=1S/C21H40N4O3S/c1-19(2)25(15-17-29(27)18-20-10-7-16-28-20)21(26)24(13-8-11-22(3)4)14-9-12-23(5)6/h7,10,16,19H,8-9,11-15,17-18H2,1-6H3. The molecule has 1 heterocycles. The zero-order chi connectivity index (χ0) is 21.8. The van der Waals surface area contributed by atoms with Crippen molar-refractivity contribution in [3.05, 3.63) is 24.2 Å². The summed E-state index contributed by atoms with van der Waals surface area (Å²) in [5.74, 6) is 1.57. The van der Waals surface area contributed by atoms with E-state index in [0.29, 0.717) is 18.1 Å². The van der Waals surface area contributed by atoms with Crippen molar-refractivity contribution in [1.29, 1.82) is 0 Å². The van der Waals surface area contributed by atoms with Crippen molar-refractivity contribution in [2.24, 2.45) is 0 Å². The first-order valence-electron chi connectivity index (χ1n) is 10.4. The minimum Gasteiger partial charge on any atom is -0.468 e. The van der Waals surface area contributed by atoms with Gasteiger partial charge in [-0.2, -0.15) is 0 Å². The van der Waals surface area contributed by atoms with Gasteiger partial charge in [0.25, 0.3) is 0 Å². The van der Waals surface area contributed by atoms with Crippen LogP contribution in [0, 0.1) is 0 Å². The Morgan fingerprint density at radius 3 is 2.03 bits per heavy atom. The molecule has 0 aliphatic carbocycles. The molecule has 8 heteroatoms. The van der Waals surface area contributed by atoms with Gasteiger partial charge in [0.05, 0.1) is 12.0 Å². The van der Waals surface area contributed by atoms with Crippen LogP contribution in [0.4, 0.5) is 4.79 Å². The highest BCUT2D eigenvalue weighted by Crippen LogP contribution is 2.09. The van der Waals surface area contributed by atoms with Crippen LogP contribution in [0.1, 0.15) is 32.4 Å². The van der Waals surface area contributed by atoms with E-state index in [1.54, 1.807) is 12.3 Å². The maximum Gasteiger partial charge on any atom is 0.320 e. The quantitative estimate of drug-likeness (QED) is 0.456. The first-order chi connectivity index (χ1) is 13.7. The fraction of sp³-hybridized carbons (Fsp3) is 0.762. The molecule has 0 fully saturated rings. The third-order valence-corrected chi connectivity index (χ3v) is 5.89. The molecule has 0 spiro atoms. The fourth-order valence-corrected chi connectivity index (χ4v) is 4.07. The van der Waals surface area contributed by atoms with Gasteiger partial charge in [-0.3, -0.25) is 4.21 Å². The van der Waals surface area contributed by atoms with Crippen LogP contribution in [0.5, 0.6) is 0 Å². The number of nitrogens with zero attached hydrogens (tertiary/aromatic N) is 4. The molecule has 1 aromatic rings. The van der Waals surface area contributed by atoms with Crippen LogP contribution in [0.3, 0.4) is 0 Å². The van der Waals surface area contributed by atoms with Crippen LogP contribution < -0.4 is 0 Å². The summed E-state index contributed by atoms with van der Waals surface area (Å²) in [5.41, 5.74) is 0. The highest BCUT2D eigenvalue weighted by atomic mass is 32.2. The van der Waals surface area contributed by atoms with E-state index in [2.05, 4.69) is 9.80 Å². The number of furan rings is 1. The lowest BCUT2D eigenvalue weighted by Crippen LogP contribution is -2.49. The van der Waals surface area contributed by atoms with Crippen molar-refractivity contribution >= 4 is 16.8 Å². The van der Waals surface area contributed by atoms with E-state index in [1.165, 1.54) is 0 Å². The average molecular weight is 429 g/mol. The van der Waals surface area contributed by atoms with Gasteiger partial charge in [0.2, 0.25) is 0 Å². The molecule has 1 unspecified atom stereocenters. The van der Waals surface area contributed by atoms with E-state index in [-0.39, 0.29) is 12.1 Å². The molecule has 2 amide bonds. The van der Waals surface area contributed by atoms with Gasteiger partial charge in [-0.15, -0.1) is 0 Å². The molecule has 7 nitrogen and oxygen atoms in total. The molecule has 0 saturated heterocycles. The Bertz CT molecular complexity index is 577. The lowest BCUT2D eigenvalue weighted by atomic mass is 10.3. The Balaban J connectivity index is 2.67. The van der Waals surface area contributed by atoms with Gasteiger partial charge >= 0.3 is 6.03 Å². The molecular weight excluding hydrogens is 388 g/mol. The molecule has 1 aromatic heterocycles. The van der Waals surface area contributed by atoms with Crippen LogP contribution in [0.15, 0.2) is 22.8 Å². The number of hydrogen-bond donors (Lipinski definition) is 0. The van der Waals surface area contributed by atoms with Crippen LogP contribution >= 0.6 is 0 Å². The lowest BCUT2D eigenvalue weighted by molar-refractivity contribution is 0.139. The van der Waals surface area contributed by atoms with Gasteiger partial charge in [-0.25, -0.2) is 4.79 Å². The van der Waals surface area contributed by atoms with E-state index >= 15 is 0 Å². The second kappa shape index (κ2) is 13.8. The Labute approximate surface area is 179 Å². The maximum absolute atomic E-state index is 13.3. The molecule has 0 aromatic carbocycles. The second-order valence-electron chi connectivity index (χ2n) is 8.24. The number of hydrogen-bond acceptors (Lipinski definition) is 5. The molecule has 29 heavy (non-hydrogen) atoms. The Hall–Kier alpha value is -1.38. The van der Waals surface area contributed by atoms with Crippen molar-refractivity contribution < 1.29 is 13.4 Å². The molecule has 0 aliphatic heterocycles. The van der Waals surface area contributed by atoms with Crippen LogP contribution in [0.25, 0.3) is 0 Å². The number of urea groups is 1. The summed E-state index contributed by atoms with van der Waals surface area (Å²) >= 11 is 0. The largest absolute Gasteiger partial charge is 0.468 e. The summed E-state index contributed by atoms with van der Waals surface area (Å²) in [6.45, 7) is 7.91. The fourth-order valence-electron chi connectivity index (χ4n) is 3.04. The van der Waals surface area contributed by atoms with E-state index < -0.39 is 10.8 Å². The van der Waals surface area contributed by atoms with Crippen molar-refractivity contribution in [3.63, 3.8) is 0 Å². The van der Waals surface area contributed by atoms with Crippen molar-refractivity contribution in [3.8, 4) is 0 Å². The topological polar surface area (TPSA) is 60.2 Å². The van der Waals surface area contributed by atoms with E-state index in [4.69, 9.17) is 4.42 Å². The van der Waals surface area contributed by atoms with Crippen molar-refractivity contribution in [1.82, 2.24) is 19.6 Å². The summed E-state index contributed by atoms with van der Waals surface area (Å²) in [5, 5.41) is 0. The SMILES string of the molecule is CC(C)N(CCS(=O)Cc1ccco1)C(=O)N(CCCN(C)C)CCCN(C)C. The molecule has 168 valence electrons. The molecular formula is C21H40N4O3S. The zero-order valence-corrected chi connectivity index (χ0v) is 19.9. The molecule has 1 atom stereocenters. The Kier molecular flexibility index (Phi) is 12.2.